The van der Waals surface area contributed by atoms with Crippen LogP contribution >= 0.6 is 11.3 Å². The first-order valence-electron chi connectivity index (χ1n) is 7.13. The molecule has 6 heteroatoms. The molecule has 23 heavy (non-hydrogen) atoms. The van der Waals surface area contributed by atoms with Crippen LogP contribution in [0, 0.1) is 0 Å². The van der Waals surface area contributed by atoms with Gasteiger partial charge in [-0.3, -0.25) is 4.79 Å². The first-order chi connectivity index (χ1) is 11.1. The van der Waals surface area contributed by atoms with Gasteiger partial charge in [0, 0.05) is 30.7 Å². The van der Waals surface area contributed by atoms with Crippen molar-refractivity contribution in [2.45, 2.75) is 6.54 Å². The van der Waals surface area contributed by atoms with E-state index < -0.39 is 5.97 Å². The lowest BCUT2D eigenvalue weighted by molar-refractivity contribution is -0.133. The van der Waals surface area contributed by atoms with E-state index in [4.69, 9.17) is 4.74 Å². The maximum absolute atomic E-state index is 12.2. The van der Waals surface area contributed by atoms with Gasteiger partial charge >= 0.3 is 5.97 Å². The Bertz CT molecular complexity index is 823. The number of amides is 1. The van der Waals surface area contributed by atoms with Gasteiger partial charge in [0.05, 0.1) is 5.56 Å². The Morgan fingerprint density at radius 3 is 2.87 bits per heavy atom. The van der Waals surface area contributed by atoms with Crippen molar-refractivity contribution in [2.24, 2.45) is 0 Å². The summed E-state index contributed by atoms with van der Waals surface area (Å²) in [4.78, 5) is 28.8. The summed E-state index contributed by atoms with van der Waals surface area (Å²) in [5, 5.41) is 4.74. The second kappa shape index (κ2) is 6.66. The molecule has 1 N–H and O–H groups in total. The number of carbonyl (C=O) groups excluding carboxylic acids is 2. The molecule has 0 aliphatic heterocycles. The minimum atomic E-state index is -0.500. The number of benzene rings is 1. The molecule has 0 spiro atoms. The maximum Gasteiger partial charge on any atom is 0.340 e. The maximum atomic E-state index is 12.2. The van der Waals surface area contributed by atoms with Gasteiger partial charge in [-0.2, -0.15) is 11.3 Å². The van der Waals surface area contributed by atoms with E-state index in [-0.39, 0.29) is 12.5 Å². The molecule has 0 bridgehead atoms. The zero-order valence-corrected chi connectivity index (χ0v) is 13.4. The zero-order chi connectivity index (χ0) is 16.2. The number of likely N-dealkylation sites (N-methyl/N-ethyl adjacent to an activating group) is 1. The van der Waals surface area contributed by atoms with Crippen molar-refractivity contribution < 1.29 is 14.3 Å². The van der Waals surface area contributed by atoms with Crippen molar-refractivity contribution in [3.63, 3.8) is 0 Å². The highest BCUT2D eigenvalue weighted by molar-refractivity contribution is 7.07. The quantitative estimate of drug-likeness (QED) is 0.732. The Morgan fingerprint density at radius 2 is 2.09 bits per heavy atom. The van der Waals surface area contributed by atoms with E-state index in [1.165, 1.54) is 0 Å². The molecule has 0 aliphatic carbocycles. The third-order valence-electron chi connectivity index (χ3n) is 3.56. The van der Waals surface area contributed by atoms with Gasteiger partial charge in [-0.05, 0) is 28.5 Å². The Balaban J connectivity index is 1.59. The number of aromatic nitrogens is 1. The van der Waals surface area contributed by atoms with Crippen LogP contribution in [0.15, 0.2) is 47.3 Å². The Labute approximate surface area is 137 Å². The van der Waals surface area contributed by atoms with Crippen molar-refractivity contribution in [1.82, 2.24) is 9.88 Å². The predicted octanol–water partition coefficient (Wildman–Crippen LogP) is 3.04. The van der Waals surface area contributed by atoms with E-state index in [9.17, 15) is 9.59 Å². The predicted molar refractivity (Wildman–Crippen MR) is 89.4 cm³/mol. The number of hydrogen-bond acceptors (Lipinski definition) is 4. The third kappa shape index (κ3) is 3.43. The smallest absolute Gasteiger partial charge is 0.340 e. The van der Waals surface area contributed by atoms with Crippen molar-refractivity contribution in [1.29, 1.82) is 0 Å². The molecular formula is C17H16N2O3S. The number of esters is 1. The Morgan fingerprint density at radius 1 is 1.26 bits per heavy atom. The van der Waals surface area contributed by atoms with Gasteiger partial charge < -0.3 is 14.6 Å². The lowest BCUT2D eigenvalue weighted by Crippen LogP contribution is -2.30. The Kier molecular flexibility index (Phi) is 4.43. The molecule has 3 aromatic rings. The van der Waals surface area contributed by atoms with Crippen LogP contribution in [-0.4, -0.2) is 35.4 Å². The molecule has 1 aromatic carbocycles. The number of nitrogens with one attached hydrogen (secondary N) is 1. The van der Waals surface area contributed by atoms with Gasteiger partial charge in [-0.1, -0.05) is 18.2 Å². The van der Waals surface area contributed by atoms with E-state index in [1.807, 2.05) is 41.1 Å². The van der Waals surface area contributed by atoms with Gasteiger partial charge in [-0.25, -0.2) is 4.79 Å². The minimum Gasteiger partial charge on any atom is -0.452 e. The highest BCUT2D eigenvalue weighted by Crippen LogP contribution is 2.18. The summed E-state index contributed by atoms with van der Waals surface area (Å²) < 4.78 is 5.15. The Hall–Kier alpha value is -2.60. The van der Waals surface area contributed by atoms with Crippen LogP contribution in [-0.2, 0) is 16.1 Å². The summed E-state index contributed by atoms with van der Waals surface area (Å²) in [5.74, 6) is -0.732. The summed E-state index contributed by atoms with van der Waals surface area (Å²) in [6.45, 7) is 0.242. The van der Waals surface area contributed by atoms with E-state index >= 15 is 0 Å². The molecule has 0 aliphatic rings. The van der Waals surface area contributed by atoms with Crippen LogP contribution in [0.5, 0.6) is 0 Å². The van der Waals surface area contributed by atoms with Gasteiger partial charge in [0.2, 0.25) is 0 Å². The van der Waals surface area contributed by atoms with Crippen LogP contribution in [0.2, 0.25) is 0 Å². The molecule has 0 unspecified atom stereocenters. The number of rotatable bonds is 5. The molecule has 2 heterocycles. The average Bonchev–Trinajstić information content (AvgIpc) is 3.21. The van der Waals surface area contributed by atoms with E-state index in [0.29, 0.717) is 12.1 Å². The number of thiophene rings is 1. The fourth-order valence-electron chi connectivity index (χ4n) is 2.30. The number of ether oxygens (including phenoxy) is 1. The van der Waals surface area contributed by atoms with Crippen LogP contribution in [0.25, 0.3) is 10.9 Å². The van der Waals surface area contributed by atoms with Crippen LogP contribution in [0.1, 0.15) is 15.9 Å². The zero-order valence-electron chi connectivity index (χ0n) is 12.6. The van der Waals surface area contributed by atoms with E-state index in [2.05, 4.69) is 4.98 Å². The largest absolute Gasteiger partial charge is 0.452 e. The first-order valence-corrected chi connectivity index (χ1v) is 8.07. The molecule has 1 amide bonds. The highest BCUT2D eigenvalue weighted by atomic mass is 32.1. The van der Waals surface area contributed by atoms with Crippen molar-refractivity contribution in [3.8, 4) is 0 Å². The first kappa shape index (κ1) is 15.3. The second-order valence-corrected chi connectivity index (χ2v) is 5.99. The van der Waals surface area contributed by atoms with Crippen LogP contribution in [0.4, 0.5) is 0 Å². The van der Waals surface area contributed by atoms with Gasteiger partial charge in [0.1, 0.15) is 0 Å². The van der Waals surface area contributed by atoms with Crippen molar-refractivity contribution >= 4 is 34.1 Å². The number of nitrogens with zero attached hydrogens (tertiary/aromatic N) is 1. The molecule has 3 rings (SSSR count). The fourth-order valence-corrected chi connectivity index (χ4v) is 2.96. The topological polar surface area (TPSA) is 62.4 Å². The fraction of sp³-hybridized carbons (Fsp3) is 0.176. The van der Waals surface area contributed by atoms with Gasteiger partial charge in [0.15, 0.2) is 6.61 Å². The van der Waals surface area contributed by atoms with E-state index in [0.717, 1.165) is 16.5 Å². The molecule has 0 atom stereocenters. The van der Waals surface area contributed by atoms with Crippen LogP contribution in [0.3, 0.4) is 0 Å². The lowest BCUT2D eigenvalue weighted by Gasteiger charge is -2.16. The SMILES string of the molecule is CN(Cc1ccsc1)C(=O)COC(=O)c1c[nH]c2ccccc12. The number of hydrogen-bond donors (Lipinski definition) is 1. The van der Waals surface area contributed by atoms with Crippen molar-refractivity contribution in [2.75, 3.05) is 13.7 Å². The minimum absolute atomic E-state index is 0.232. The molecule has 0 radical (unpaired) electrons. The normalized spacial score (nSPS) is 10.7. The van der Waals surface area contributed by atoms with Crippen LogP contribution < -0.4 is 0 Å². The molecule has 0 saturated heterocycles. The molecule has 5 nitrogen and oxygen atoms in total. The summed E-state index contributed by atoms with van der Waals surface area (Å²) in [5.41, 5.74) is 2.36. The number of para-hydroxylation sites is 1. The standard InChI is InChI=1S/C17H16N2O3S/c1-19(9-12-6-7-23-11-12)16(20)10-22-17(21)14-8-18-15-5-3-2-4-13(14)15/h2-8,11,18H,9-10H2,1H3. The molecule has 0 saturated carbocycles. The van der Waals surface area contributed by atoms with E-state index in [1.54, 1.807) is 29.5 Å². The number of aromatic amines is 1. The molecule has 2 aromatic heterocycles. The number of H-pyrrole nitrogens is 1. The molecular weight excluding hydrogens is 312 g/mol. The lowest BCUT2D eigenvalue weighted by atomic mass is 10.2. The monoisotopic (exact) mass is 328 g/mol. The third-order valence-corrected chi connectivity index (χ3v) is 4.29. The summed E-state index contributed by atoms with van der Waals surface area (Å²) >= 11 is 1.58. The number of carbonyl (C=O) groups is 2. The number of fused-ring (bicyclic) bond motifs is 1. The average molecular weight is 328 g/mol. The summed E-state index contributed by atoms with van der Waals surface area (Å²) in [7, 11) is 1.69. The van der Waals surface area contributed by atoms with Crippen molar-refractivity contribution in [3.05, 3.63) is 58.4 Å². The molecule has 0 fully saturated rings. The van der Waals surface area contributed by atoms with Gasteiger partial charge in [-0.15, -0.1) is 0 Å². The summed E-state index contributed by atoms with van der Waals surface area (Å²) in [6, 6.07) is 9.43. The summed E-state index contributed by atoms with van der Waals surface area (Å²) in [6.07, 6.45) is 1.60. The second-order valence-electron chi connectivity index (χ2n) is 5.21. The molecule has 118 valence electrons. The van der Waals surface area contributed by atoms with Gasteiger partial charge in [0.25, 0.3) is 5.91 Å². The highest BCUT2D eigenvalue weighted by Gasteiger charge is 2.16.